The van der Waals surface area contributed by atoms with Crippen LogP contribution in [-0.2, 0) is 6.54 Å². The van der Waals surface area contributed by atoms with Crippen molar-refractivity contribution >= 4 is 28.4 Å². The molecule has 0 fully saturated rings. The maximum Gasteiger partial charge on any atom is 0.252 e. The van der Waals surface area contributed by atoms with Gasteiger partial charge in [-0.15, -0.1) is 0 Å². The fraction of sp³-hybridized carbons (Fsp3) is 0.0952. The molecule has 3 heterocycles. The number of nitrogens with one attached hydrogen (secondary N) is 1. The second kappa shape index (κ2) is 7.21. The summed E-state index contributed by atoms with van der Waals surface area (Å²) >= 11 is 6.34. The number of carbonyl (C=O) groups excluding carboxylic acids is 1. The van der Waals surface area contributed by atoms with Crippen molar-refractivity contribution in [1.29, 1.82) is 0 Å². The predicted octanol–water partition coefficient (Wildman–Crippen LogP) is 4.78. The van der Waals surface area contributed by atoms with Crippen molar-refractivity contribution in [2.24, 2.45) is 0 Å². The minimum atomic E-state index is -0.210. The van der Waals surface area contributed by atoms with Crippen LogP contribution in [0.1, 0.15) is 21.7 Å². The summed E-state index contributed by atoms with van der Waals surface area (Å²) in [6.45, 7) is 2.24. The number of aryl methyl sites for hydroxylation is 1. The van der Waals surface area contributed by atoms with Crippen molar-refractivity contribution < 1.29 is 9.21 Å². The number of benzene rings is 1. The summed E-state index contributed by atoms with van der Waals surface area (Å²) in [5, 5.41) is 4.11. The summed E-state index contributed by atoms with van der Waals surface area (Å²) in [5.41, 5.74) is 2.55. The van der Waals surface area contributed by atoms with Gasteiger partial charge in [0.2, 0.25) is 0 Å². The first-order valence-electron chi connectivity index (χ1n) is 8.45. The zero-order chi connectivity index (χ0) is 18.8. The van der Waals surface area contributed by atoms with Crippen LogP contribution in [0.2, 0.25) is 5.02 Å². The standard InChI is InChI=1S/C21H16ClN3O2/c1-13-7-8-19(27-13)18-10-16(15-5-2-6-17(22)20(15)25-18)21(26)24-12-14-4-3-9-23-11-14/h2-11H,12H2,1H3,(H,24,26). The van der Waals surface area contributed by atoms with E-state index < -0.39 is 0 Å². The Labute approximate surface area is 161 Å². The van der Waals surface area contributed by atoms with Gasteiger partial charge in [-0.2, -0.15) is 0 Å². The molecule has 3 aromatic heterocycles. The first-order chi connectivity index (χ1) is 13.1. The quantitative estimate of drug-likeness (QED) is 0.555. The Morgan fingerprint density at radius 3 is 2.81 bits per heavy atom. The molecule has 0 bridgehead atoms. The predicted molar refractivity (Wildman–Crippen MR) is 105 cm³/mol. The molecule has 0 unspecified atom stereocenters. The average molecular weight is 378 g/mol. The Morgan fingerprint density at radius 2 is 2.07 bits per heavy atom. The smallest absolute Gasteiger partial charge is 0.252 e. The lowest BCUT2D eigenvalue weighted by atomic mass is 10.1. The summed E-state index contributed by atoms with van der Waals surface area (Å²) in [7, 11) is 0. The molecule has 4 rings (SSSR count). The molecule has 0 aliphatic carbocycles. The molecule has 134 valence electrons. The molecular formula is C21H16ClN3O2. The highest BCUT2D eigenvalue weighted by Crippen LogP contribution is 2.30. The van der Waals surface area contributed by atoms with Crippen LogP contribution < -0.4 is 5.32 Å². The van der Waals surface area contributed by atoms with Gasteiger partial charge in [-0.25, -0.2) is 4.98 Å². The zero-order valence-corrected chi connectivity index (χ0v) is 15.3. The lowest BCUT2D eigenvalue weighted by molar-refractivity contribution is 0.0952. The van der Waals surface area contributed by atoms with E-state index in [0.717, 1.165) is 11.3 Å². The maximum absolute atomic E-state index is 12.9. The highest BCUT2D eigenvalue weighted by Gasteiger charge is 2.17. The number of amides is 1. The number of pyridine rings is 2. The normalized spacial score (nSPS) is 10.9. The minimum absolute atomic E-state index is 0.210. The Bertz CT molecular complexity index is 1120. The van der Waals surface area contributed by atoms with Crippen molar-refractivity contribution in [3.63, 3.8) is 0 Å². The van der Waals surface area contributed by atoms with E-state index in [-0.39, 0.29) is 5.91 Å². The summed E-state index contributed by atoms with van der Waals surface area (Å²) in [4.78, 5) is 21.6. The van der Waals surface area contributed by atoms with Gasteiger partial charge in [0.25, 0.3) is 5.91 Å². The topological polar surface area (TPSA) is 68.0 Å². The highest BCUT2D eigenvalue weighted by molar-refractivity contribution is 6.35. The van der Waals surface area contributed by atoms with Gasteiger partial charge in [-0.3, -0.25) is 9.78 Å². The second-order valence-electron chi connectivity index (χ2n) is 6.15. The third-order valence-corrected chi connectivity index (χ3v) is 4.51. The van der Waals surface area contributed by atoms with Gasteiger partial charge < -0.3 is 9.73 Å². The van der Waals surface area contributed by atoms with Crippen LogP contribution in [0.4, 0.5) is 0 Å². The van der Waals surface area contributed by atoms with E-state index in [9.17, 15) is 4.79 Å². The van der Waals surface area contributed by atoms with Crippen LogP contribution in [0.3, 0.4) is 0 Å². The van der Waals surface area contributed by atoms with E-state index in [2.05, 4.69) is 15.3 Å². The van der Waals surface area contributed by atoms with Gasteiger partial charge >= 0.3 is 0 Å². The first-order valence-corrected chi connectivity index (χ1v) is 8.83. The molecule has 1 aromatic carbocycles. The Kier molecular flexibility index (Phi) is 4.60. The van der Waals surface area contributed by atoms with Gasteiger partial charge in [-0.1, -0.05) is 29.8 Å². The molecule has 0 spiro atoms. The van der Waals surface area contributed by atoms with Crippen LogP contribution in [0, 0.1) is 6.92 Å². The average Bonchev–Trinajstić information content (AvgIpc) is 3.13. The molecule has 1 amide bonds. The van der Waals surface area contributed by atoms with Gasteiger partial charge in [0, 0.05) is 24.3 Å². The monoisotopic (exact) mass is 377 g/mol. The number of aromatic nitrogens is 2. The fourth-order valence-electron chi connectivity index (χ4n) is 2.88. The van der Waals surface area contributed by atoms with Crippen molar-refractivity contribution in [2.45, 2.75) is 13.5 Å². The van der Waals surface area contributed by atoms with Crippen LogP contribution in [-0.4, -0.2) is 15.9 Å². The van der Waals surface area contributed by atoms with E-state index in [1.165, 1.54) is 0 Å². The second-order valence-corrected chi connectivity index (χ2v) is 6.55. The number of carbonyl (C=O) groups is 1. The van der Waals surface area contributed by atoms with E-state index in [1.807, 2.05) is 37.3 Å². The Balaban J connectivity index is 1.76. The third kappa shape index (κ3) is 3.55. The lowest BCUT2D eigenvalue weighted by Gasteiger charge is -2.10. The highest BCUT2D eigenvalue weighted by atomic mass is 35.5. The largest absolute Gasteiger partial charge is 0.460 e. The molecule has 0 aliphatic rings. The number of halogens is 1. The molecule has 1 N–H and O–H groups in total. The molecule has 0 aliphatic heterocycles. The van der Waals surface area contributed by atoms with Crippen molar-refractivity contribution in [2.75, 3.05) is 0 Å². The summed E-state index contributed by atoms with van der Waals surface area (Å²) in [5.74, 6) is 1.15. The van der Waals surface area contributed by atoms with E-state index >= 15 is 0 Å². The molecule has 0 atom stereocenters. The van der Waals surface area contributed by atoms with E-state index in [4.69, 9.17) is 16.0 Å². The van der Waals surface area contributed by atoms with Crippen LogP contribution >= 0.6 is 11.6 Å². The molecule has 5 nitrogen and oxygen atoms in total. The van der Waals surface area contributed by atoms with Crippen molar-refractivity contribution in [3.05, 3.63) is 82.8 Å². The molecule has 27 heavy (non-hydrogen) atoms. The summed E-state index contributed by atoms with van der Waals surface area (Å²) in [6.07, 6.45) is 3.42. The summed E-state index contributed by atoms with van der Waals surface area (Å²) in [6, 6.07) is 14.6. The molecular weight excluding hydrogens is 362 g/mol. The zero-order valence-electron chi connectivity index (χ0n) is 14.6. The van der Waals surface area contributed by atoms with E-state index in [1.54, 1.807) is 30.6 Å². The van der Waals surface area contributed by atoms with Gasteiger partial charge in [0.1, 0.15) is 11.5 Å². The van der Waals surface area contributed by atoms with Crippen LogP contribution in [0.25, 0.3) is 22.4 Å². The first kappa shape index (κ1) is 17.2. The number of hydrogen-bond donors (Lipinski definition) is 1. The third-order valence-electron chi connectivity index (χ3n) is 4.20. The maximum atomic E-state index is 12.9. The van der Waals surface area contributed by atoms with Crippen LogP contribution in [0.5, 0.6) is 0 Å². The minimum Gasteiger partial charge on any atom is -0.460 e. The van der Waals surface area contributed by atoms with Crippen molar-refractivity contribution in [1.82, 2.24) is 15.3 Å². The molecule has 0 saturated carbocycles. The number of hydrogen-bond acceptors (Lipinski definition) is 4. The van der Waals surface area contributed by atoms with Gasteiger partial charge in [0.05, 0.1) is 16.1 Å². The lowest BCUT2D eigenvalue weighted by Crippen LogP contribution is -2.23. The number of fused-ring (bicyclic) bond motifs is 1. The number of para-hydroxylation sites is 1. The molecule has 4 aromatic rings. The molecule has 0 saturated heterocycles. The van der Waals surface area contributed by atoms with Crippen molar-refractivity contribution in [3.8, 4) is 11.5 Å². The number of nitrogens with zero attached hydrogens (tertiary/aromatic N) is 2. The number of furan rings is 1. The van der Waals surface area contributed by atoms with Gasteiger partial charge in [0.15, 0.2) is 5.76 Å². The summed E-state index contributed by atoms with van der Waals surface area (Å²) < 4.78 is 5.68. The molecule has 0 radical (unpaired) electrons. The molecule has 6 heteroatoms. The van der Waals surface area contributed by atoms with Crippen LogP contribution in [0.15, 0.2) is 65.3 Å². The number of rotatable bonds is 4. The Morgan fingerprint density at radius 1 is 1.19 bits per heavy atom. The fourth-order valence-corrected chi connectivity index (χ4v) is 3.10. The Hall–Kier alpha value is -3.18. The SMILES string of the molecule is Cc1ccc(-c2cc(C(=O)NCc3cccnc3)c3cccc(Cl)c3n2)o1. The van der Waals surface area contributed by atoms with E-state index in [0.29, 0.717) is 39.5 Å². The van der Waals surface area contributed by atoms with Gasteiger partial charge in [-0.05, 0) is 42.8 Å².